The zero-order chi connectivity index (χ0) is 18.1. The van der Waals surface area contributed by atoms with Crippen molar-refractivity contribution in [2.24, 2.45) is 0 Å². The summed E-state index contributed by atoms with van der Waals surface area (Å²) < 4.78 is 12.2. The third-order valence-electron chi connectivity index (χ3n) is 3.20. The number of carbonyl (C=O) groups excluding carboxylic acids is 3. The molecule has 0 bridgehead atoms. The highest BCUT2D eigenvalue weighted by molar-refractivity contribution is 5.97. The molecular formula is C17H22FN3O3. The quantitative estimate of drug-likeness (QED) is 0.616. The molecule has 1 atom stereocenters. The second-order valence-electron chi connectivity index (χ2n) is 5.44. The van der Waals surface area contributed by atoms with E-state index in [1.54, 1.807) is 24.3 Å². The van der Waals surface area contributed by atoms with Crippen LogP contribution in [0.25, 0.3) is 0 Å². The second kappa shape index (κ2) is 9.44. The lowest BCUT2D eigenvalue weighted by Crippen LogP contribution is -2.48. The lowest BCUT2D eigenvalue weighted by atomic mass is 10.1. The van der Waals surface area contributed by atoms with E-state index in [0.29, 0.717) is 5.56 Å². The fraction of sp³-hybridized carbons (Fsp3) is 0.353. The number of carbonyl (C=O) groups is 3. The number of alkyl halides is 1. The summed E-state index contributed by atoms with van der Waals surface area (Å²) in [5.74, 6) is -1.33. The van der Waals surface area contributed by atoms with Gasteiger partial charge >= 0.3 is 0 Å². The van der Waals surface area contributed by atoms with Crippen LogP contribution in [-0.4, -0.2) is 43.5 Å². The molecule has 0 saturated heterocycles. The monoisotopic (exact) mass is 335 g/mol. The summed E-state index contributed by atoms with van der Waals surface area (Å²) in [6.45, 7) is 5.87. The van der Waals surface area contributed by atoms with Crippen LogP contribution in [0, 0.1) is 6.92 Å². The molecule has 6 nitrogen and oxygen atoms in total. The largest absolute Gasteiger partial charge is 0.350 e. The third kappa shape index (κ3) is 6.60. The molecule has 0 heterocycles. The number of nitrogens with one attached hydrogen (secondary N) is 3. The van der Waals surface area contributed by atoms with Crippen molar-refractivity contribution in [3.8, 4) is 0 Å². The standard InChI is InChI=1S/C17H22FN3O3/c1-11-4-6-14(7-5-11)17(24)20-10-15(22)21-13(3)16(23)19-9-12(2)8-18/h4-7,13H,2,8-10H2,1,3H3,(H,19,23)(H,20,24)(H,21,22)/t13-/m0/s1. The van der Waals surface area contributed by atoms with Gasteiger partial charge in [-0.25, -0.2) is 4.39 Å². The highest BCUT2D eigenvalue weighted by Gasteiger charge is 2.16. The average molecular weight is 335 g/mol. The summed E-state index contributed by atoms with van der Waals surface area (Å²) >= 11 is 0. The predicted molar refractivity (Wildman–Crippen MR) is 89.2 cm³/mol. The number of rotatable bonds is 8. The van der Waals surface area contributed by atoms with Crippen LogP contribution in [0.15, 0.2) is 36.4 Å². The first-order valence-electron chi connectivity index (χ1n) is 7.48. The van der Waals surface area contributed by atoms with Crippen molar-refractivity contribution in [2.75, 3.05) is 19.8 Å². The molecule has 0 aliphatic rings. The Labute approximate surface area is 140 Å². The summed E-state index contributed by atoms with van der Waals surface area (Å²) in [6.07, 6.45) is 0. The summed E-state index contributed by atoms with van der Waals surface area (Å²) in [6, 6.07) is 6.12. The van der Waals surface area contributed by atoms with Crippen molar-refractivity contribution in [1.29, 1.82) is 0 Å². The van der Waals surface area contributed by atoms with Crippen LogP contribution in [0.1, 0.15) is 22.8 Å². The van der Waals surface area contributed by atoms with Crippen LogP contribution >= 0.6 is 0 Å². The Morgan fingerprint density at radius 3 is 2.33 bits per heavy atom. The van der Waals surface area contributed by atoms with Gasteiger partial charge in [0.1, 0.15) is 12.7 Å². The first-order valence-corrected chi connectivity index (χ1v) is 7.48. The van der Waals surface area contributed by atoms with Crippen LogP contribution < -0.4 is 16.0 Å². The molecule has 0 aliphatic heterocycles. The maximum atomic E-state index is 12.2. The SMILES string of the molecule is C=C(CF)CNC(=O)[C@H](C)NC(=O)CNC(=O)c1ccc(C)cc1. The maximum Gasteiger partial charge on any atom is 0.251 e. The summed E-state index contributed by atoms with van der Waals surface area (Å²) in [5, 5.41) is 7.38. The molecule has 3 amide bonds. The summed E-state index contributed by atoms with van der Waals surface area (Å²) in [4.78, 5) is 35.3. The predicted octanol–water partition coefficient (Wildman–Crippen LogP) is 0.871. The van der Waals surface area contributed by atoms with Gasteiger partial charge in [-0.05, 0) is 31.6 Å². The molecule has 24 heavy (non-hydrogen) atoms. The Morgan fingerprint density at radius 1 is 1.12 bits per heavy atom. The normalized spacial score (nSPS) is 11.3. The van der Waals surface area contributed by atoms with Gasteiger partial charge in [0, 0.05) is 12.1 Å². The lowest BCUT2D eigenvalue weighted by molar-refractivity contribution is -0.128. The lowest BCUT2D eigenvalue weighted by Gasteiger charge is -2.14. The van der Waals surface area contributed by atoms with Crippen LogP contribution in [0.3, 0.4) is 0 Å². The zero-order valence-electron chi connectivity index (χ0n) is 13.8. The minimum atomic E-state index is -0.804. The van der Waals surface area contributed by atoms with E-state index in [4.69, 9.17) is 0 Å². The average Bonchev–Trinajstić information content (AvgIpc) is 2.57. The molecule has 1 aromatic rings. The van der Waals surface area contributed by atoms with Gasteiger partial charge in [-0.2, -0.15) is 0 Å². The zero-order valence-corrected chi connectivity index (χ0v) is 13.8. The Kier molecular flexibility index (Phi) is 7.61. The second-order valence-corrected chi connectivity index (χ2v) is 5.44. The van der Waals surface area contributed by atoms with Gasteiger partial charge in [0.2, 0.25) is 11.8 Å². The number of hydrogen-bond acceptors (Lipinski definition) is 3. The molecule has 0 unspecified atom stereocenters. The molecule has 0 fully saturated rings. The number of halogens is 1. The van der Waals surface area contributed by atoms with E-state index < -0.39 is 24.5 Å². The van der Waals surface area contributed by atoms with Crippen molar-refractivity contribution in [3.05, 3.63) is 47.5 Å². The highest BCUT2D eigenvalue weighted by Crippen LogP contribution is 2.02. The summed E-state index contributed by atoms with van der Waals surface area (Å²) in [7, 11) is 0. The van der Waals surface area contributed by atoms with Crippen molar-refractivity contribution in [3.63, 3.8) is 0 Å². The van der Waals surface area contributed by atoms with Gasteiger partial charge in [0.05, 0.1) is 6.54 Å². The number of hydrogen-bond donors (Lipinski definition) is 3. The minimum Gasteiger partial charge on any atom is -0.350 e. The van der Waals surface area contributed by atoms with E-state index in [1.807, 2.05) is 6.92 Å². The smallest absolute Gasteiger partial charge is 0.251 e. The van der Waals surface area contributed by atoms with Gasteiger partial charge in [0.15, 0.2) is 0 Å². The molecule has 0 radical (unpaired) electrons. The Bertz CT molecular complexity index is 614. The molecule has 1 aromatic carbocycles. The Balaban J connectivity index is 2.37. The van der Waals surface area contributed by atoms with Crippen molar-refractivity contribution < 1.29 is 18.8 Å². The highest BCUT2D eigenvalue weighted by atomic mass is 19.1. The first-order chi connectivity index (χ1) is 11.3. The van der Waals surface area contributed by atoms with Gasteiger partial charge in [-0.3, -0.25) is 14.4 Å². The molecule has 3 N–H and O–H groups in total. The van der Waals surface area contributed by atoms with Gasteiger partial charge in [0.25, 0.3) is 5.91 Å². The topological polar surface area (TPSA) is 87.3 Å². The molecule has 1 rings (SSSR count). The molecule has 7 heteroatoms. The molecule has 0 saturated carbocycles. The maximum absolute atomic E-state index is 12.2. The van der Waals surface area contributed by atoms with Crippen molar-refractivity contribution >= 4 is 17.7 Å². The number of benzene rings is 1. The van der Waals surface area contributed by atoms with Gasteiger partial charge in [-0.1, -0.05) is 24.3 Å². The summed E-state index contributed by atoms with van der Waals surface area (Å²) in [5.41, 5.74) is 1.72. The van der Waals surface area contributed by atoms with Gasteiger partial charge in [-0.15, -0.1) is 0 Å². The van der Waals surface area contributed by atoms with E-state index in [-0.39, 0.29) is 24.6 Å². The van der Waals surface area contributed by atoms with Crippen molar-refractivity contribution in [1.82, 2.24) is 16.0 Å². The van der Waals surface area contributed by atoms with Crippen LogP contribution in [0.2, 0.25) is 0 Å². The van der Waals surface area contributed by atoms with Crippen LogP contribution in [0.4, 0.5) is 4.39 Å². The van der Waals surface area contributed by atoms with E-state index in [1.165, 1.54) is 6.92 Å². The molecule has 130 valence electrons. The molecule has 0 aliphatic carbocycles. The first kappa shape index (κ1) is 19.3. The Morgan fingerprint density at radius 2 is 1.75 bits per heavy atom. The third-order valence-corrected chi connectivity index (χ3v) is 3.20. The Hall–Kier alpha value is -2.70. The fourth-order valence-electron chi connectivity index (χ4n) is 1.74. The van der Waals surface area contributed by atoms with Crippen molar-refractivity contribution in [2.45, 2.75) is 19.9 Å². The molecule has 0 aromatic heterocycles. The van der Waals surface area contributed by atoms with E-state index in [0.717, 1.165) is 5.56 Å². The van der Waals surface area contributed by atoms with Crippen LogP contribution in [0.5, 0.6) is 0 Å². The molecular weight excluding hydrogens is 313 g/mol. The van der Waals surface area contributed by atoms with Crippen LogP contribution in [-0.2, 0) is 9.59 Å². The minimum absolute atomic E-state index is 0.0136. The van der Waals surface area contributed by atoms with Gasteiger partial charge < -0.3 is 16.0 Å². The molecule has 0 spiro atoms. The van der Waals surface area contributed by atoms with E-state index in [9.17, 15) is 18.8 Å². The fourth-order valence-corrected chi connectivity index (χ4v) is 1.74. The number of amides is 3. The van der Waals surface area contributed by atoms with E-state index >= 15 is 0 Å². The number of aryl methyl sites for hydroxylation is 1. The van der Waals surface area contributed by atoms with E-state index in [2.05, 4.69) is 22.5 Å².